The zero-order valence-electron chi connectivity index (χ0n) is 37.9. The van der Waals surface area contributed by atoms with Crippen molar-refractivity contribution in [1.82, 2.24) is 0 Å². The van der Waals surface area contributed by atoms with E-state index in [9.17, 15) is 5.48 Å². The molecule has 0 aliphatic rings. The number of anilines is 3. The Morgan fingerprint density at radius 1 is 0.370 bits per heavy atom. The average molecular weight is 699 g/mol. The van der Waals surface area contributed by atoms with Gasteiger partial charge >= 0.3 is 0 Å². The molecular formula is C52H35NO. The average Bonchev–Trinajstić information content (AvgIpc) is 3.72. The van der Waals surface area contributed by atoms with Crippen molar-refractivity contribution in [1.29, 1.82) is 0 Å². The SMILES string of the molecule is [2H]c1c([2H])c([2H])c(-c2cccc3c2oc2ccc4cccc(-c5c([2H])c([2H])c(N(c6ccc(-c7ccccc7)cc6)c6ccc(-c7ccccc7)cc6)c([2H])c5[2H])c4c23)c([2H])c1[2H]. The minimum atomic E-state index is -0.489. The standard InChI is InChI=1S/C52H35NO/c1-4-12-36(13-5-1)38-22-29-43(30-23-38)53(44-31-24-39(25-32-44)37-14-6-2-7-15-37)45-33-26-41(27-34-45)46-19-10-18-42-28-35-49-51(50(42)46)48-21-11-20-47(52(48)54-49)40-16-8-3-9-17-40/h1-35H/i3D,8D,9D,16D,17D,26D,27D,33D,34D. The van der Waals surface area contributed by atoms with Crippen molar-refractivity contribution in [3.63, 3.8) is 0 Å². The van der Waals surface area contributed by atoms with E-state index in [0.29, 0.717) is 49.8 Å². The van der Waals surface area contributed by atoms with E-state index in [4.69, 9.17) is 11.3 Å². The van der Waals surface area contributed by atoms with Crippen LogP contribution in [0.5, 0.6) is 0 Å². The lowest BCUT2D eigenvalue weighted by Crippen LogP contribution is -2.09. The van der Waals surface area contributed by atoms with Gasteiger partial charge in [-0.25, -0.2) is 0 Å². The molecule has 9 aromatic carbocycles. The molecule has 2 nitrogen and oxygen atoms in total. The summed E-state index contributed by atoms with van der Waals surface area (Å²) in [7, 11) is 0. The molecule has 1 heterocycles. The largest absolute Gasteiger partial charge is 0.455 e. The third-order valence-electron chi connectivity index (χ3n) is 9.84. The van der Waals surface area contributed by atoms with Crippen molar-refractivity contribution >= 4 is 49.8 Å². The van der Waals surface area contributed by atoms with Crippen LogP contribution < -0.4 is 4.90 Å². The molecule has 0 atom stereocenters. The topological polar surface area (TPSA) is 16.4 Å². The molecule has 0 spiro atoms. The van der Waals surface area contributed by atoms with Gasteiger partial charge in [0.25, 0.3) is 0 Å². The fourth-order valence-corrected chi connectivity index (χ4v) is 7.28. The Labute approximate surface area is 327 Å². The summed E-state index contributed by atoms with van der Waals surface area (Å²) in [5.74, 6) is 0. The van der Waals surface area contributed by atoms with E-state index in [-0.39, 0.29) is 53.1 Å². The second kappa shape index (κ2) is 13.4. The summed E-state index contributed by atoms with van der Waals surface area (Å²) >= 11 is 0. The van der Waals surface area contributed by atoms with Crippen LogP contribution in [0.4, 0.5) is 17.1 Å². The van der Waals surface area contributed by atoms with E-state index in [1.54, 1.807) is 29.2 Å². The Kier molecular flexibility index (Phi) is 5.82. The number of benzene rings is 9. The van der Waals surface area contributed by atoms with Gasteiger partial charge in [0, 0.05) is 38.8 Å². The number of para-hydroxylation sites is 1. The molecule has 10 rings (SSSR count). The first-order valence-corrected chi connectivity index (χ1v) is 17.7. The highest BCUT2D eigenvalue weighted by Crippen LogP contribution is 2.43. The second-order valence-electron chi connectivity index (χ2n) is 13.0. The van der Waals surface area contributed by atoms with Crippen molar-refractivity contribution in [2.24, 2.45) is 0 Å². The summed E-state index contributed by atoms with van der Waals surface area (Å²) < 4.78 is 87.3. The summed E-state index contributed by atoms with van der Waals surface area (Å²) in [6, 6.07) is 47.0. The van der Waals surface area contributed by atoms with Gasteiger partial charge in [0.1, 0.15) is 11.2 Å². The molecule has 254 valence electrons. The quantitative estimate of drug-likeness (QED) is 0.165. The van der Waals surface area contributed by atoms with E-state index in [1.807, 2.05) is 133 Å². The van der Waals surface area contributed by atoms with Gasteiger partial charge in [0.2, 0.25) is 0 Å². The minimum Gasteiger partial charge on any atom is -0.455 e. The lowest BCUT2D eigenvalue weighted by Gasteiger charge is -2.26. The highest BCUT2D eigenvalue weighted by Gasteiger charge is 2.18. The number of nitrogens with zero attached hydrogens (tertiary/aromatic N) is 1. The van der Waals surface area contributed by atoms with Crippen LogP contribution >= 0.6 is 0 Å². The van der Waals surface area contributed by atoms with E-state index < -0.39 is 18.1 Å². The minimum absolute atomic E-state index is 0.0133. The van der Waals surface area contributed by atoms with Crippen molar-refractivity contribution in [3.8, 4) is 44.5 Å². The van der Waals surface area contributed by atoms with Crippen molar-refractivity contribution < 1.29 is 16.8 Å². The Balaban J connectivity index is 1.18. The summed E-state index contributed by atoms with van der Waals surface area (Å²) in [5.41, 5.74) is 7.13. The van der Waals surface area contributed by atoms with Gasteiger partial charge < -0.3 is 9.32 Å². The summed E-state index contributed by atoms with van der Waals surface area (Å²) in [6.07, 6.45) is 0. The molecule has 0 N–H and O–H groups in total. The van der Waals surface area contributed by atoms with Gasteiger partial charge in [-0.3, -0.25) is 0 Å². The Morgan fingerprint density at radius 3 is 1.56 bits per heavy atom. The third kappa shape index (κ3) is 5.62. The Hall–Kier alpha value is -7.16. The fraction of sp³-hybridized carbons (Fsp3) is 0. The van der Waals surface area contributed by atoms with Gasteiger partial charge in [-0.2, -0.15) is 0 Å². The van der Waals surface area contributed by atoms with Gasteiger partial charge in [-0.15, -0.1) is 0 Å². The monoisotopic (exact) mass is 698 g/mol. The van der Waals surface area contributed by atoms with Gasteiger partial charge in [-0.05, 0) is 86.7 Å². The van der Waals surface area contributed by atoms with Gasteiger partial charge in [0.15, 0.2) is 0 Å². The molecule has 0 aliphatic heterocycles. The zero-order chi connectivity index (χ0) is 43.7. The first-order valence-electron chi connectivity index (χ1n) is 22.2. The first-order chi connectivity index (χ1) is 30.5. The van der Waals surface area contributed by atoms with Crippen LogP contribution in [0.2, 0.25) is 0 Å². The molecule has 54 heavy (non-hydrogen) atoms. The Morgan fingerprint density at radius 2 is 0.926 bits per heavy atom. The molecule has 0 radical (unpaired) electrons. The maximum atomic E-state index is 9.66. The smallest absolute Gasteiger partial charge is 0.143 e. The van der Waals surface area contributed by atoms with Crippen LogP contribution in [0.25, 0.3) is 77.2 Å². The predicted molar refractivity (Wildman–Crippen MR) is 228 cm³/mol. The van der Waals surface area contributed by atoms with E-state index in [2.05, 4.69) is 0 Å². The summed E-state index contributed by atoms with van der Waals surface area (Å²) in [4.78, 5) is 1.78. The summed E-state index contributed by atoms with van der Waals surface area (Å²) in [5, 5.41) is 2.62. The third-order valence-corrected chi connectivity index (χ3v) is 9.84. The van der Waals surface area contributed by atoms with E-state index in [1.165, 1.54) is 0 Å². The van der Waals surface area contributed by atoms with Crippen LogP contribution in [0.15, 0.2) is 217 Å². The molecule has 0 aliphatic carbocycles. The number of fused-ring (bicyclic) bond motifs is 5. The molecular weight excluding hydrogens is 655 g/mol. The first kappa shape index (κ1) is 23.4. The predicted octanol–water partition coefficient (Wildman–Crippen LogP) is 14.9. The molecule has 10 aromatic rings. The second-order valence-corrected chi connectivity index (χ2v) is 13.0. The molecule has 0 saturated heterocycles. The molecule has 0 amide bonds. The van der Waals surface area contributed by atoms with Crippen LogP contribution in [0, 0.1) is 0 Å². The summed E-state index contributed by atoms with van der Waals surface area (Å²) in [6.45, 7) is 0. The molecule has 0 fully saturated rings. The molecule has 0 unspecified atom stereocenters. The van der Waals surface area contributed by atoms with Crippen molar-refractivity contribution in [2.75, 3.05) is 4.90 Å². The fourth-order valence-electron chi connectivity index (χ4n) is 7.28. The van der Waals surface area contributed by atoms with E-state index >= 15 is 0 Å². The lowest BCUT2D eigenvalue weighted by atomic mass is 9.93. The molecule has 1 aromatic heterocycles. The van der Waals surface area contributed by atoms with Crippen LogP contribution in [0.1, 0.15) is 12.3 Å². The maximum Gasteiger partial charge on any atom is 0.143 e. The van der Waals surface area contributed by atoms with Gasteiger partial charge in [-0.1, -0.05) is 170 Å². The normalized spacial score (nSPS) is 13.7. The molecule has 0 saturated carbocycles. The highest BCUT2D eigenvalue weighted by atomic mass is 16.3. The number of rotatable bonds is 7. The van der Waals surface area contributed by atoms with Crippen LogP contribution in [-0.2, 0) is 0 Å². The number of hydrogen-bond donors (Lipinski definition) is 0. The zero-order valence-corrected chi connectivity index (χ0v) is 28.9. The molecule has 0 bridgehead atoms. The van der Waals surface area contributed by atoms with Gasteiger partial charge in [0.05, 0.1) is 12.3 Å². The number of furan rings is 1. The number of hydrogen-bond acceptors (Lipinski definition) is 2. The van der Waals surface area contributed by atoms with Crippen LogP contribution in [0.3, 0.4) is 0 Å². The van der Waals surface area contributed by atoms with E-state index in [0.717, 1.165) is 27.6 Å². The molecule has 2 heteroatoms. The van der Waals surface area contributed by atoms with Crippen LogP contribution in [-0.4, -0.2) is 0 Å². The van der Waals surface area contributed by atoms with Crippen molar-refractivity contribution in [2.45, 2.75) is 0 Å². The maximum absolute atomic E-state index is 9.66. The Bertz CT molecular complexity index is 3280. The lowest BCUT2D eigenvalue weighted by molar-refractivity contribution is 0.670. The van der Waals surface area contributed by atoms with Crippen molar-refractivity contribution in [3.05, 3.63) is 212 Å². The highest BCUT2D eigenvalue weighted by molar-refractivity contribution is 6.24.